The highest BCUT2D eigenvalue weighted by Crippen LogP contribution is 2.21. The van der Waals surface area contributed by atoms with Crippen LogP contribution in [-0.2, 0) is 13.0 Å². The summed E-state index contributed by atoms with van der Waals surface area (Å²) in [6.07, 6.45) is 0.976. The minimum absolute atomic E-state index is 0.881. The summed E-state index contributed by atoms with van der Waals surface area (Å²) in [5.74, 6) is 0. The summed E-state index contributed by atoms with van der Waals surface area (Å²) in [6, 6.07) is 16.6. The lowest BCUT2D eigenvalue weighted by atomic mass is 10.2. The molecule has 4 heteroatoms. The van der Waals surface area contributed by atoms with Gasteiger partial charge < -0.3 is 5.32 Å². The Hall–Kier alpha value is -1.23. The van der Waals surface area contributed by atoms with Gasteiger partial charge in [0, 0.05) is 24.0 Å². The molecule has 1 heterocycles. The maximum atomic E-state index is 4.64. The summed E-state index contributed by atoms with van der Waals surface area (Å²) in [5, 5.41) is 4.67. The first-order valence-corrected chi connectivity index (χ1v) is 8.22. The number of nitrogens with one attached hydrogen (secondary N) is 1. The van der Waals surface area contributed by atoms with E-state index in [1.807, 2.05) is 12.1 Å². The molecule has 0 aliphatic heterocycles. The van der Waals surface area contributed by atoms with Gasteiger partial charge in [-0.15, -0.1) is 11.3 Å². The van der Waals surface area contributed by atoms with Crippen LogP contribution in [0.15, 0.2) is 53.0 Å². The lowest BCUT2D eigenvalue weighted by Crippen LogP contribution is -2.16. The van der Waals surface area contributed by atoms with Crippen LogP contribution in [0.2, 0.25) is 0 Å². The second-order valence-electron chi connectivity index (χ2n) is 4.59. The number of hydrogen-bond acceptors (Lipinski definition) is 3. The van der Waals surface area contributed by atoms with Gasteiger partial charge in [-0.2, -0.15) is 0 Å². The van der Waals surface area contributed by atoms with Gasteiger partial charge in [-0.25, -0.2) is 4.98 Å². The van der Waals surface area contributed by atoms with Crippen molar-refractivity contribution in [2.45, 2.75) is 13.0 Å². The molecule has 1 aromatic heterocycles. The van der Waals surface area contributed by atoms with E-state index in [4.69, 9.17) is 0 Å². The Kier molecular flexibility index (Phi) is 4.45. The van der Waals surface area contributed by atoms with Gasteiger partial charge in [-0.3, -0.25) is 0 Å². The molecule has 0 amide bonds. The Morgan fingerprint density at radius 3 is 2.70 bits per heavy atom. The van der Waals surface area contributed by atoms with Crippen molar-refractivity contribution < 1.29 is 0 Å². The number of hydrogen-bond donors (Lipinski definition) is 1. The van der Waals surface area contributed by atoms with Crippen LogP contribution in [0.4, 0.5) is 0 Å². The van der Waals surface area contributed by atoms with Crippen molar-refractivity contribution in [3.8, 4) is 0 Å². The molecule has 0 unspecified atom stereocenters. The lowest BCUT2D eigenvalue weighted by Gasteiger charge is -2.05. The molecule has 0 bridgehead atoms. The number of rotatable bonds is 5. The number of aromatic nitrogens is 1. The number of thiazole rings is 1. The van der Waals surface area contributed by atoms with Crippen LogP contribution in [0.1, 0.15) is 10.6 Å². The summed E-state index contributed by atoms with van der Waals surface area (Å²) < 4.78 is 2.43. The normalized spacial score (nSPS) is 11.1. The second kappa shape index (κ2) is 6.48. The first-order valence-electron chi connectivity index (χ1n) is 6.61. The summed E-state index contributed by atoms with van der Waals surface area (Å²) in [7, 11) is 0. The third kappa shape index (κ3) is 3.26. The minimum Gasteiger partial charge on any atom is -0.312 e. The van der Waals surface area contributed by atoms with E-state index in [0.29, 0.717) is 0 Å². The van der Waals surface area contributed by atoms with Crippen molar-refractivity contribution in [2.75, 3.05) is 6.54 Å². The SMILES string of the molecule is Brc1ccccc1CNCCc1nc2ccccc2s1. The first-order chi connectivity index (χ1) is 9.83. The van der Waals surface area contributed by atoms with Gasteiger partial charge in [0.1, 0.15) is 0 Å². The van der Waals surface area contributed by atoms with Gasteiger partial charge in [0.15, 0.2) is 0 Å². The Bertz CT molecular complexity index is 675. The first kappa shape index (κ1) is 13.7. The van der Waals surface area contributed by atoms with Crippen LogP contribution in [0.5, 0.6) is 0 Å². The summed E-state index contributed by atoms with van der Waals surface area (Å²) in [6.45, 7) is 1.83. The Labute approximate surface area is 131 Å². The maximum absolute atomic E-state index is 4.64. The van der Waals surface area contributed by atoms with Crippen LogP contribution in [0, 0.1) is 0 Å². The fourth-order valence-electron chi connectivity index (χ4n) is 2.09. The van der Waals surface area contributed by atoms with E-state index < -0.39 is 0 Å². The van der Waals surface area contributed by atoms with E-state index >= 15 is 0 Å². The van der Waals surface area contributed by atoms with Gasteiger partial charge in [0.25, 0.3) is 0 Å². The van der Waals surface area contributed by atoms with E-state index in [0.717, 1.165) is 29.5 Å². The molecule has 2 nitrogen and oxygen atoms in total. The molecular formula is C16H15BrN2S. The molecule has 3 rings (SSSR count). The summed E-state index contributed by atoms with van der Waals surface area (Å²) >= 11 is 5.35. The molecule has 0 aliphatic rings. The molecule has 0 saturated carbocycles. The third-order valence-corrected chi connectivity index (χ3v) is 5.00. The predicted molar refractivity (Wildman–Crippen MR) is 89.2 cm³/mol. The number of para-hydroxylation sites is 1. The predicted octanol–water partition coefficient (Wildman–Crippen LogP) is 4.39. The fourth-order valence-corrected chi connectivity index (χ4v) is 3.48. The third-order valence-electron chi connectivity index (χ3n) is 3.13. The molecule has 20 heavy (non-hydrogen) atoms. The van der Waals surface area contributed by atoms with Crippen LogP contribution in [0.3, 0.4) is 0 Å². The van der Waals surface area contributed by atoms with Crippen molar-refractivity contribution in [1.82, 2.24) is 10.3 Å². The van der Waals surface area contributed by atoms with E-state index in [9.17, 15) is 0 Å². The maximum Gasteiger partial charge on any atom is 0.0951 e. The lowest BCUT2D eigenvalue weighted by molar-refractivity contribution is 0.684. The Balaban J connectivity index is 1.54. The number of benzene rings is 2. The number of fused-ring (bicyclic) bond motifs is 1. The highest BCUT2D eigenvalue weighted by molar-refractivity contribution is 9.10. The monoisotopic (exact) mass is 346 g/mol. The number of halogens is 1. The van der Waals surface area contributed by atoms with Gasteiger partial charge in [-0.05, 0) is 23.8 Å². The quantitative estimate of drug-likeness (QED) is 0.693. The topological polar surface area (TPSA) is 24.9 Å². The molecule has 2 aromatic carbocycles. The Morgan fingerprint density at radius 1 is 1.05 bits per heavy atom. The van der Waals surface area contributed by atoms with E-state index in [-0.39, 0.29) is 0 Å². The van der Waals surface area contributed by atoms with Gasteiger partial charge >= 0.3 is 0 Å². The summed E-state index contributed by atoms with van der Waals surface area (Å²) in [5.41, 5.74) is 2.40. The molecule has 102 valence electrons. The minimum atomic E-state index is 0.881. The second-order valence-corrected chi connectivity index (χ2v) is 6.56. The zero-order valence-corrected chi connectivity index (χ0v) is 13.4. The molecule has 0 atom stereocenters. The van der Waals surface area contributed by atoms with Crippen LogP contribution >= 0.6 is 27.3 Å². The smallest absolute Gasteiger partial charge is 0.0951 e. The van der Waals surface area contributed by atoms with Crippen molar-refractivity contribution >= 4 is 37.5 Å². The van der Waals surface area contributed by atoms with Crippen LogP contribution in [0.25, 0.3) is 10.2 Å². The average Bonchev–Trinajstić information content (AvgIpc) is 2.88. The van der Waals surface area contributed by atoms with E-state index in [1.54, 1.807) is 11.3 Å². The molecule has 3 aromatic rings. The van der Waals surface area contributed by atoms with Gasteiger partial charge in [0.2, 0.25) is 0 Å². The molecule has 0 spiro atoms. The molecule has 0 fully saturated rings. The molecule has 0 saturated heterocycles. The standard InChI is InChI=1S/C16H15BrN2S/c17-13-6-2-1-5-12(13)11-18-10-9-16-19-14-7-3-4-8-15(14)20-16/h1-8,18H,9-11H2. The van der Waals surface area contributed by atoms with Crippen molar-refractivity contribution in [3.05, 3.63) is 63.6 Å². The van der Waals surface area contributed by atoms with Crippen molar-refractivity contribution in [3.63, 3.8) is 0 Å². The van der Waals surface area contributed by atoms with E-state index in [2.05, 4.69) is 62.6 Å². The largest absolute Gasteiger partial charge is 0.312 e. The van der Waals surface area contributed by atoms with Gasteiger partial charge in [0.05, 0.1) is 15.2 Å². The summed E-state index contributed by atoms with van der Waals surface area (Å²) in [4.78, 5) is 4.64. The molecule has 1 N–H and O–H groups in total. The zero-order valence-electron chi connectivity index (χ0n) is 11.0. The van der Waals surface area contributed by atoms with E-state index in [1.165, 1.54) is 15.3 Å². The molecule has 0 radical (unpaired) electrons. The van der Waals surface area contributed by atoms with Gasteiger partial charge in [-0.1, -0.05) is 46.3 Å². The van der Waals surface area contributed by atoms with Crippen LogP contribution < -0.4 is 5.32 Å². The van der Waals surface area contributed by atoms with Crippen molar-refractivity contribution in [2.24, 2.45) is 0 Å². The fraction of sp³-hybridized carbons (Fsp3) is 0.188. The zero-order chi connectivity index (χ0) is 13.8. The van der Waals surface area contributed by atoms with Crippen LogP contribution in [-0.4, -0.2) is 11.5 Å². The Morgan fingerprint density at radius 2 is 1.85 bits per heavy atom. The molecule has 0 aliphatic carbocycles. The highest BCUT2D eigenvalue weighted by Gasteiger charge is 2.03. The van der Waals surface area contributed by atoms with Crippen molar-refractivity contribution in [1.29, 1.82) is 0 Å². The number of nitrogens with zero attached hydrogens (tertiary/aromatic N) is 1. The highest BCUT2D eigenvalue weighted by atomic mass is 79.9. The molecular weight excluding hydrogens is 332 g/mol. The average molecular weight is 347 g/mol.